The van der Waals surface area contributed by atoms with Gasteiger partial charge >= 0.3 is 5.97 Å². The Morgan fingerprint density at radius 2 is 2.50 bits per heavy atom. The lowest BCUT2D eigenvalue weighted by Crippen LogP contribution is -2.19. The molecule has 2 rings (SSSR count). The Bertz CT molecular complexity index is 385. The zero-order valence-corrected chi connectivity index (χ0v) is 7.93. The normalized spacial score (nSPS) is 18.8. The molecule has 0 saturated carbocycles. The molecule has 1 aliphatic rings. The molecule has 0 aliphatic heterocycles. The lowest BCUT2D eigenvalue weighted by molar-refractivity contribution is -0.144. The first-order chi connectivity index (χ1) is 6.75. The van der Waals surface area contributed by atoms with Gasteiger partial charge < -0.3 is 4.74 Å². The van der Waals surface area contributed by atoms with Gasteiger partial charge in [0.1, 0.15) is 6.10 Å². The molecule has 72 valence electrons. The van der Waals surface area contributed by atoms with E-state index in [1.807, 2.05) is 24.3 Å². The topological polar surface area (TPSA) is 39.2 Å². The highest BCUT2D eigenvalue weighted by atomic mass is 16.5. The predicted molar refractivity (Wildman–Crippen MR) is 52.5 cm³/mol. The van der Waals surface area contributed by atoms with Crippen LogP contribution in [-0.4, -0.2) is 17.1 Å². The van der Waals surface area contributed by atoms with E-state index in [0.717, 1.165) is 17.7 Å². The van der Waals surface area contributed by atoms with Crippen LogP contribution in [0.3, 0.4) is 0 Å². The molecule has 0 saturated heterocycles. The Hall–Kier alpha value is -1.64. The molecule has 1 atom stereocenters. The zero-order valence-electron chi connectivity index (χ0n) is 7.93. The van der Waals surface area contributed by atoms with E-state index in [2.05, 4.69) is 4.98 Å². The molecular weight excluding hydrogens is 178 g/mol. The van der Waals surface area contributed by atoms with Crippen molar-refractivity contribution in [2.45, 2.75) is 19.4 Å². The second kappa shape index (κ2) is 3.62. The third-order valence-electron chi connectivity index (χ3n) is 2.13. The van der Waals surface area contributed by atoms with Crippen LogP contribution in [0.1, 0.15) is 18.2 Å². The first-order valence-corrected chi connectivity index (χ1v) is 4.55. The van der Waals surface area contributed by atoms with Crippen LogP contribution in [0.2, 0.25) is 0 Å². The summed E-state index contributed by atoms with van der Waals surface area (Å²) >= 11 is 0. The van der Waals surface area contributed by atoms with Gasteiger partial charge in [0.25, 0.3) is 0 Å². The number of carbonyl (C=O) groups is 1. The number of carbonyl (C=O) groups excluding carboxylic acids is 1. The smallest absolute Gasteiger partial charge is 0.303 e. The number of aromatic nitrogens is 1. The molecule has 0 spiro atoms. The summed E-state index contributed by atoms with van der Waals surface area (Å²) in [5.74, 6) is -0.244. The standard InChI is InChI=1S/C11H11NO2/c1-8(13)14-10-4-5-11-9(7-10)3-2-6-12-11/h2-6,10H,7H2,1H3. The average molecular weight is 189 g/mol. The summed E-state index contributed by atoms with van der Waals surface area (Å²) in [5.41, 5.74) is 2.09. The number of fused-ring (bicyclic) bond motifs is 1. The van der Waals surface area contributed by atoms with Gasteiger partial charge in [-0.2, -0.15) is 0 Å². The van der Waals surface area contributed by atoms with Crippen molar-refractivity contribution in [3.63, 3.8) is 0 Å². The van der Waals surface area contributed by atoms with Crippen molar-refractivity contribution in [3.05, 3.63) is 35.7 Å². The van der Waals surface area contributed by atoms with Gasteiger partial charge in [0, 0.05) is 19.5 Å². The van der Waals surface area contributed by atoms with E-state index in [4.69, 9.17) is 4.74 Å². The molecular formula is C11H11NO2. The summed E-state index contributed by atoms with van der Waals surface area (Å²) in [6.07, 6.45) is 6.11. The van der Waals surface area contributed by atoms with Crippen LogP contribution in [0, 0.1) is 0 Å². The molecule has 3 nitrogen and oxygen atoms in total. The second-order valence-electron chi connectivity index (χ2n) is 3.26. The number of hydrogen-bond acceptors (Lipinski definition) is 3. The minimum absolute atomic E-state index is 0.135. The summed E-state index contributed by atoms with van der Waals surface area (Å²) in [6, 6.07) is 3.89. The van der Waals surface area contributed by atoms with Gasteiger partial charge in [-0.15, -0.1) is 0 Å². The van der Waals surface area contributed by atoms with Crippen LogP contribution in [0.4, 0.5) is 0 Å². The molecule has 1 heterocycles. The Morgan fingerprint density at radius 1 is 1.64 bits per heavy atom. The fourth-order valence-corrected chi connectivity index (χ4v) is 1.55. The summed E-state index contributed by atoms with van der Waals surface area (Å²) in [7, 11) is 0. The monoisotopic (exact) mass is 189 g/mol. The number of nitrogens with zero attached hydrogens (tertiary/aromatic N) is 1. The van der Waals surface area contributed by atoms with E-state index in [1.54, 1.807) is 6.20 Å². The van der Waals surface area contributed by atoms with E-state index in [1.165, 1.54) is 6.92 Å². The van der Waals surface area contributed by atoms with Gasteiger partial charge in [0.2, 0.25) is 0 Å². The summed E-state index contributed by atoms with van der Waals surface area (Å²) in [5, 5.41) is 0. The van der Waals surface area contributed by atoms with Gasteiger partial charge in [0.15, 0.2) is 0 Å². The quantitative estimate of drug-likeness (QED) is 0.629. The zero-order chi connectivity index (χ0) is 9.97. The van der Waals surface area contributed by atoms with Gasteiger partial charge in [0.05, 0.1) is 5.69 Å². The molecule has 0 aromatic carbocycles. The van der Waals surface area contributed by atoms with Gasteiger partial charge in [-0.25, -0.2) is 0 Å². The number of rotatable bonds is 1. The SMILES string of the molecule is CC(=O)OC1C=Cc2ncccc2C1. The molecule has 0 fully saturated rings. The predicted octanol–water partition coefficient (Wildman–Crippen LogP) is 1.58. The first-order valence-electron chi connectivity index (χ1n) is 4.55. The maximum Gasteiger partial charge on any atom is 0.303 e. The Labute approximate surface area is 82.4 Å². The van der Waals surface area contributed by atoms with Crippen molar-refractivity contribution in [2.75, 3.05) is 0 Å². The van der Waals surface area contributed by atoms with Crippen molar-refractivity contribution in [1.29, 1.82) is 0 Å². The molecule has 0 radical (unpaired) electrons. The molecule has 0 N–H and O–H groups in total. The lowest BCUT2D eigenvalue weighted by Gasteiger charge is -2.18. The van der Waals surface area contributed by atoms with Crippen LogP contribution in [-0.2, 0) is 16.0 Å². The number of hydrogen-bond donors (Lipinski definition) is 0. The van der Waals surface area contributed by atoms with E-state index in [0.29, 0.717) is 0 Å². The molecule has 1 aromatic heterocycles. The molecule has 3 heteroatoms. The van der Waals surface area contributed by atoms with Crippen LogP contribution in [0.15, 0.2) is 24.4 Å². The first kappa shape index (κ1) is 8.94. The molecule has 1 aliphatic carbocycles. The van der Waals surface area contributed by atoms with E-state index >= 15 is 0 Å². The number of ether oxygens (including phenoxy) is 1. The maximum atomic E-state index is 10.8. The largest absolute Gasteiger partial charge is 0.458 e. The molecule has 0 bridgehead atoms. The molecule has 14 heavy (non-hydrogen) atoms. The van der Waals surface area contributed by atoms with Gasteiger partial charge in [-0.3, -0.25) is 9.78 Å². The van der Waals surface area contributed by atoms with Crippen molar-refractivity contribution in [3.8, 4) is 0 Å². The van der Waals surface area contributed by atoms with Gasteiger partial charge in [-0.05, 0) is 23.8 Å². The van der Waals surface area contributed by atoms with Gasteiger partial charge in [-0.1, -0.05) is 6.07 Å². The van der Waals surface area contributed by atoms with E-state index in [-0.39, 0.29) is 12.1 Å². The maximum absolute atomic E-state index is 10.8. The summed E-state index contributed by atoms with van der Waals surface area (Å²) < 4.78 is 5.09. The third kappa shape index (κ3) is 1.82. The summed E-state index contributed by atoms with van der Waals surface area (Å²) in [4.78, 5) is 15.0. The number of pyridine rings is 1. The Morgan fingerprint density at radius 3 is 3.29 bits per heavy atom. The fourth-order valence-electron chi connectivity index (χ4n) is 1.55. The lowest BCUT2D eigenvalue weighted by atomic mass is 10.0. The molecule has 1 aromatic rings. The van der Waals surface area contributed by atoms with Crippen LogP contribution in [0.25, 0.3) is 6.08 Å². The Balaban J connectivity index is 2.17. The minimum atomic E-state index is -0.244. The van der Waals surface area contributed by atoms with Crippen molar-refractivity contribution in [1.82, 2.24) is 4.98 Å². The van der Waals surface area contributed by atoms with Crippen LogP contribution >= 0.6 is 0 Å². The highest BCUT2D eigenvalue weighted by Gasteiger charge is 2.15. The molecule has 1 unspecified atom stereocenters. The van der Waals surface area contributed by atoms with E-state index in [9.17, 15) is 4.79 Å². The highest BCUT2D eigenvalue weighted by molar-refractivity contribution is 5.67. The summed E-state index contributed by atoms with van der Waals surface area (Å²) in [6.45, 7) is 1.42. The number of esters is 1. The minimum Gasteiger partial charge on any atom is -0.458 e. The van der Waals surface area contributed by atoms with Crippen molar-refractivity contribution >= 4 is 12.0 Å². The van der Waals surface area contributed by atoms with Crippen LogP contribution in [0.5, 0.6) is 0 Å². The second-order valence-corrected chi connectivity index (χ2v) is 3.26. The highest BCUT2D eigenvalue weighted by Crippen LogP contribution is 2.18. The van der Waals surface area contributed by atoms with Crippen molar-refractivity contribution < 1.29 is 9.53 Å². The third-order valence-corrected chi connectivity index (χ3v) is 2.13. The molecule has 0 amide bonds. The van der Waals surface area contributed by atoms with Crippen molar-refractivity contribution in [2.24, 2.45) is 0 Å². The Kier molecular flexibility index (Phi) is 2.31. The van der Waals surface area contributed by atoms with E-state index < -0.39 is 0 Å². The fraction of sp³-hybridized carbons (Fsp3) is 0.273. The average Bonchev–Trinajstić information content (AvgIpc) is 2.17. The van der Waals surface area contributed by atoms with Crippen LogP contribution < -0.4 is 0 Å².